The van der Waals surface area contributed by atoms with Crippen molar-refractivity contribution in [2.24, 2.45) is 15.0 Å². The van der Waals surface area contributed by atoms with E-state index < -0.39 is 0 Å². The van der Waals surface area contributed by atoms with Crippen molar-refractivity contribution in [3.05, 3.63) is 221 Å². The molecule has 7 N–H and O–H groups in total. The van der Waals surface area contributed by atoms with Gasteiger partial charge in [-0.15, -0.1) is 0 Å². The van der Waals surface area contributed by atoms with Crippen molar-refractivity contribution in [1.82, 2.24) is 35.2 Å². The molecule has 9 aromatic rings. The molecule has 13 rings (SSSR count). The van der Waals surface area contributed by atoms with Crippen LogP contribution >= 0.6 is 45.2 Å². The number of benzene rings is 3. The van der Waals surface area contributed by atoms with Crippen LogP contribution in [0.5, 0.6) is 17.2 Å². The van der Waals surface area contributed by atoms with Crippen molar-refractivity contribution in [2.45, 2.75) is 112 Å². The summed E-state index contributed by atoms with van der Waals surface area (Å²) in [7, 11) is 4.66. The maximum Gasteiger partial charge on any atom is 0.305 e. The Kier molecular flexibility index (Phi) is 20.2. The minimum Gasteiger partial charge on any atom is -0.494 e. The summed E-state index contributed by atoms with van der Waals surface area (Å²) < 4.78 is 24.5. The summed E-state index contributed by atoms with van der Waals surface area (Å²) in [6.07, 6.45) is 11.9. The zero-order valence-electron chi connectivity index (χ0n) is 53.9. The molecule has 1 fully saturated rings. The second-order valence-corrected chi connectivity index (χ2v) is 26.0. The van der Waals surface area contributed by atoms with Crippen LogP contribution in [0.3, 0.4) is 0 Å². The average molecular weight is 1460 g/mol. The summed E-state index contributed by atoms with van der Waals surface area (Å²) >= 11 is 4.74. The van der Waals surface area contributed by atoms with Gasteiger partial charge in [0.05, 0.1) is 96.1 Å². The van der Waals surface area contributed by atoms with Crippen LogP contribution in [0.15, 0.2) is 118 Å². The summed E-state index contributed by atoms with van der Waals surface area (Å²) in [4.78, 5) is 60.1. The molecule has 6 aromatic heterocycles. The molecule has 1 unspecified atom stereocenters. The van der Waals surface area contributed by atoms with Crippen LogP contribution in [-0.2, 0) is 14.3 Å². The summed E-state index contributed by atoms with van der Waals surface area (Å²) in [5.74, 6) is 1.95. The number of hydrogen-bond acceptors (Lipinski definition) is 10. The normalized spacial score (nSPS) is 17.0. The molecule has 0 amide bonds. The van der Waals surface area contributed by atoms with E-state index >= 15 is 0 Å². The van der Waals surface area contributed by atoms with Gasteiger partial charge in [-0.05, 0) is 210 Å². The van der Waals surface area contributed by atoms with E-state index in [-0.39, 0.29) is 30.7 Å². The highest BCUT2D eigenvalue weighted by Gasteiger charge is 2.24. The number of esters is 1. The molecule has 4 aliphatic heterocycles. The Morgan fingerprint density at radius 2 is 1.11 bits per heavy atom. The van der Waals surface area contributed by atoms with Crippen LogP contribution in [0.4, 0.5) is 0 Å². The van der Waals surface area contributed by atoms with Gasteiger partial charge in [-0.3, -0.25) is 9.59 Å². The van der Waals surface area contributed by atoms with Gasteiger partial charge in [0.1, 0.15) is 22.9 Å². The average Bonchev–Trinajstić information content (AvgIpc) is 1.68. The molecule has 1 atom stereocenters. The third-order valence-electron chi connectivity index (χ3n) is 16.8. The van der Waals surface area contributed by atoms with Crippen molar-refractivity contribution in [3.63, 3.8) is 0 Å². The molecule has 0 radical (unpaired) electrons. The van der Waals surface area contributed by atoms with E-state index in [1.54, 1.807) is 14.2 Å². The summed E-state index contributed by atoms with van der Waals surface area (Å²) in [6, 6.07) is 35.2. The molecule has 474 valence electrons. The highest BCUT2D eigenvalue weighted by atomic mass is 127. The van der Waals surface area contributed by atoms with Crippen molar-refractivity contribution < 1.29 is 28.5 Å². The van der Waals surface area contributed by atoms with E-state index in [9.17, 15) is 9.59 Å². The molecule has 4 aliphatic rings. The molecule has 18 heteroatoms. The first-order valence-electron chi connectivity index (χ1n) is 31.2. The SMILES string of the molecule is COC(=O)CCCC(=O)C1=c2ccccc2=NC1=c1cc(OC)/c(=C/c2[nH]c(C)cc2C)[nH]1.COc1cc(=C2N=c3ccccc3=C2I)[nH]/c1=C\c1[nH]c(C)c(I)c1C.Cc1cc(C)c(/C=c2\[nH]c(=C3N=c4ccccc4=C3CCC3CCCN3)cc2OC(C)C)[nH]1. The van der Waals surface area contributed by atoms with E-state index in [1.165, 1.54) is 56.4 Å². The van der Waals surface area contributed by atoms with Crippen LogP contribution in [-0.4, -0.2) is 81.7 Å². The number of Topliss-reactive ketones (excluding diaryl/α,β-unsaturated/α-hetero) is 1. The predicted molar refractivity (Wildman–Crippen MR) is 380 cm³/mol. The fourth-order valence-electron chi connectivity index (χ4n) is 12.2. The third kappa shape index (κ3) is 14.3. The predicted octanol–water partition coefficient (Wildman–Crippen LogP) is 6.39. The second-order valence-electron chi connectivity index (χ2n) is 23.9. The lowest BCUT2D eigenvalue weighted by molar-refractivity contribution is -0.140. The van der Waals surface area contributed by atoms with Gasteiger partial charge >= 0.3 is 5.97 Å². The number of aromatic amines is 6. The molecule has 0 saturated carbocycles. The Hall–Kier alpha value is -8.47. The summed E-state index contributed by atoms with van der Waals surface area (Å²) in [6.45, 7) is 17.8. The number of H-pyrrole nitrogens is 6. The first kappa shape index (κ1) is 65.0. The Bertz CT molecular complexity index is 5170. The molecule has 92 heavy (non-hydrogen) atoms. The van der Waals surface area contributed by atoms with Crippen LogP contribution in [0.2, 0.25) is 0 Å². The fraction of sp³-hybridized carbons (Fsp3) is 0.284. The number of aryl methyl sites for hydroxylation is 5. The highest BCUT2D eigenvalue weighted by molar-refractivity contribution is 14.1. The van der Waals surface area contributed by atoms with Gasteiger partial charge in [0.25, 0.3) is 0 Å². The Morgan fingerprint density at radius 3 is 1.64 bits per heavy atom. The minimum atomic E-state index is -0.322. The largest absolute Gasteiger partial charge is 0.494 e. The first-order chi connectivity index (χ1) is 44.4. The third-order valence-corrected chi connectivity index (χ3v) is 19.5. The number of aromatic nitrogens is 6. The van der Waals surface area contributed by atoms with Gasteiger partial charge in [-0.25, -0.2) is 15.0 Å². The lowest BCUT2D eigenvalue weighted by Crippen LogP contribution is -2.25. The van der Waals surface area contributed by atoms with Crippen molar-refractivity contribution in [2.75, 3.05) is 27.9 Å². The van der Waals surface area contributed by atoms with Gasteiger partial charge in [-0.2, -0.15) is 0 Å². The number of carbonyl (C=O) groups excluding carboxylic acids is 2. The van der Waals surface area contributed by atoms with Gasteiger partial charge in [0.2, 0.25) is 0 Å². The smallest absolute Gasteiger partial charge is 0.305 e. The quantitative estimate of drug-likeness (QED) is 0.0454. The number of carbonyl (C=O) groups is 2. The number of nitrogens with one attached hydrogen (secondary N) is 7. The van der Waals surface area contributed by atoms with Gasteiger partial charge in [0, 0.05) is 90.5 Å². The van der Waals surface area contributed by atoms with E-state index in [2.05, 4.69) is 187 Å². The maximum absolute atomic E-state index is 13.2. The first-order valence-corrected chi connectivity index (χ1v) is 33.3. The number of ketones is 1. The van der Waals surface area contributed by atoms with Crippen molar-refractivity contribution in [1.29, 1.82) is 0 Å². The van der Waals surface area contributed by atoms with Crippen LogP contribution in [0.1, 0.15) is 110 Å². The fourth-order valence-corrected chi connectivity index (χ4v) is 13.5. The number of fused-ring (bicyclic) bond motifs is 3. The topological polar surface area (TPSA) is 215 Å². The number of nitrogens with zero attached hydrogens (tertiary/aromatic N) is 3. The number of ether oxygens (including phenoxy) is 4. The second kappa shape index (κ2) is 28.6. The molecule has 0 spiro atoms. The van der Waals surface area contributed by atoms with Crippen molar-refractivity contribution in [3.8, 4) is 17.2 Å². The van der Waals surface area contributed by atoms with Crippen molar-refractivity contribution >= 4 is 107 Å². The lowest BCUT2D eigenvalue weighted by atomic mass is 10.0. The molecular formula is C74H78I2N10O6. The molecule has 10 heterocycles. The monoisotopic (exact) mass is 1460 g/mol. The molecule has 1 saturated heterocycles. The molecule has 16 nitrogen and oxygen atoms in total. The van der Waals surface area contributed by atoms with Crippen LogP contribution < -0.4 is 83.3 Å². The summed E-state index contributed by atoms with van der Waals surface area (Å²) in [5, 5.41) is 15.1. The maximum atomic E-state index is 13.2. The van der Waals surface area contributed by atoms with Gasteiger partial charge in [-0.1, -0.05) is 54.6 Å². The number of para-hydroxylation sites is 3. The Labute approximate surface area is 560 Å². The van der Waals surface area contributed by atoms with E-state index in [0.29, 0.717) is 34.8 Å². The van der Waals surface area contributed by atoms with E-state index in [1.807, 2.05) is 74.5 Å². The zero-order chi connectivity index (χ0) is 64.9. The summed E-state index contributed by atoms with van der Waals surface area (Å²) in [5.41, 5.74) is 14.6. The molecule has 0 aliphatic carbocycles. The van der Waals surface area contributed by atoms with Gasteiger partial charge < -0.3 is 54.2 Å². The standard InChI is InChI=1S/C28H34N4O.C26H27N3O4.C20H17I2N3O/c1-17(2)33-27-16-26(31-25(27)15-24-18(3)14-19(4)30-24)28-22(12-11-20-8-7-13-29-20)21-9-5-6-10-23(21)32-28;1-15-12-16(2)27-19(15)13-20-23(32-3)14-21(28-20)26-25(17-8-5-6-9-18(17)29-26)22(30)10-7-11-24(31)33-4;1-10-14(23-11(2)18(10)21)8-15-17(26-3)9-16(24-15)20-19(22)12-6-4-5-7-13(12)25-20/h5-6,9-10,14-17,20,29-31H,7-8,11-13H2,1-4H3;5-6,8-9,12-14,27-28H,7,10-11H2,1-4H3;4-9,23-24H,1-3H3/b25-15-,28-26?;20-13-,26-21?;15-8-,20-16?. The zero-order valence-corrected chi connectivity index (χ0v) is 58.2. The van der Waals surface area contributed by atoms with Crippen LogP contribution in [0.25, 0.3) is 50.0 Å². The lowest BCUT2D eigenvalue weighted by Gasteiger charge is -2.11. The number of methoxy groups -OCH3 is 3. The van der Waals surface area contributed by atoms with Crippen LogP contribution in [0, 0.1) is 45.1 Å². The van der Waals surface area contributed by atoms with E-state index in [0.717, 1.165) is 128 Å². The molecular weight excluding hydrogens is 1380 g/mol. The van der Waals surface area contributed by atoms with E-state index in [4.69, 9.17) is 29.2 Å². The number of halogens is 2. The number of hydrogen-bond donors (Lipinski definition) is 7. The van der Waals surface area contributed by atoms with Gasteiger partial charge in [0.15, 0.2) is 5.78 Å². The number of rotatable bonds is 15. The molecule has 0 bridgehead atoms. The molecule has 3 aromatic carbocycles. The Balaban J connectivity index is 0.000000143. The Morgan fingerprint density at radius 1 is 0.598 bits per heavy atom. The minimum absolute atomic E-state index is 0.0578. The highest BCUT2D eigenvalue weighted by Crippen LogP contribution is 2.26.